The molecule has 0 heterocycles. The standard InChI is InChI=1S/C23H27N3O6/c1-23(2,3)32-22(30)26(17-13-9-6-10-14-17)20(28)18(15-19(27)31-4)25-21(29)24-16-11-7-5-8-12-16/h5-14,18H,15H2,1-4H3,(H2,24,25,29). The van der Waals surface area contributed by atoms with Crippen molar-refractivity contribution in [2.45, 2.75) is 38.8 Å². The largest absolute Gasteiger partial charge is 0.469 e. The van der Waals surface area contributed by atoms with Gasteiger partial charge in [-0.05, 0) is 45.0 Å². The molecule has 0 aliphatic heterocycles. The van der Waals surface area contributed by atoms with Gasteiger partial charge in [-0.1, -0.05) is 36.4 Å². The number of rotatable bonds is 6. The molecule has 9 heteroatoms. The van der Waals surface area contributed by atoms with Crippen molar-refractivity contribution in [3.05, 3.63) is 60.7 Å². The molecule has 0 saturated carbocycles. The van der Waals surface area contributed by atoms with Gasteiger partial charge in [0, 0.05) is 5.69 Å². The Morgan fingerprint density at radius 1 is 0.938 bits per heavy atom. The van der Waals surface area contributed by atoms with Crippen molar-refractivity contribution in [2.75, 3.05) is 17.3 Å². The highest BCUT2D eigenvalue weighted by atomic mass is 16.6. The van der Waals surface area contributed by atoms with E-state index < -0.39 is 42.1 Å². The molecule has 9 nitrogen and oxygen atoms in total. The van der Waals surface area contributed by atoms with E-state index in [0.29, 0.717) is 5.69 Å². The summed E-state index contributed by atoms with van der Waals surface area (Å²) < 4.78 is 10.0. The Kier molecular flexibility index (Phi) is 8.34. The number of benzene rings is 2. The number of amides is 4. The molecule has 170 valence electrons. The number of urea groups is 1. The number of anilines is 2. The first-order valence-corrected chi connectivity index (χ1v) is 9.92. The SMILES string of the molecule is COC(=O)CC(NC(=O)Nc1ccccc1)C(=O)N(C(=O)OC(C)(C)C)c1ccccc1. The lowest BCUT2D eigenvalue weighted by molar-refractivity contribution is -0.142. The highest BCUT2D eigenvalue weighted by Crippen LogP contribution is 2.20. The Morgan fingerprint density at radius 2 is 1.50 bits per heavy atom. The molecule has 0 bridgehead atoms. The van der Waals surface area contributed by atoms with Crippen molar-refractivity contribution in [1.82, 2.24) is 5.32 Å². The molecule has 0 spiro atoms. The fourth-order valence-electron chi connectivity index (χ4n) is 2.66. The fourth-order valence-corrected chi connectivity index (χ4v) is 2.66. The molecule has 0 aliphatic rings. The topological polar surface area (TPSA) is 114 Å². The molecule has 2 rings (SSSR count). The van der Waals surface area contributed by atoms with Gasteiger partial charge in [0.2, 0.25) is 0 Å². The highest BCUT2D eigenvalue weighted by Gasteiger charge is 2.35. The molecule has 2 N–H and O–H groups in total. The minimum Gasteiger partial charge on any atom is -0.469 e. The van der Waals surface area contributed by atoms with E-state index >= 15 is 0 Å². The number of carbonyl (C=O) groups is 4. The number of nitrogens with one attached hydrogen (secondary N) is 2. The average molecular weight is 441 g/mol. The van der Waals surface area contributed by atoms with Gasteiger partial charge in [-0.25, -0.2) is 14.5 Å². The molecule has 1 unspecified atom stereocenters. The number of esters is 1. The zero-order valence-corrected chi connectivity index (χ0v) is 18.5. The summed E-state index contributed by atoms with van der Waals surface area (Å²) in [6.07, 6.45) is -1.42. The van der Waals surface area contributed by atoms with Crippen molar-refractivity contribution in [2.24, 2.45) is 0 Å². The van der Waals surface area contributed by atoms with Crippen LogP contribution in [0.4, 0.5) is 21.0 Å². The Labute approximate surface area is 186 Å². The highest BCUT2D eigenvalue weighted by molar-refractivity contribution is 6.15. The van der Waals surface area contributed by atoms with Gasteiger partial charge < -0.3 is 20.1 Å². The van der Waals surface area contributed by atoms with Gasteiger partial charge in [-0.3, -0.25) is 9.59 Å². The van der Waals surface area contributed by atoms with Crippen LogP contribution in [0.5, 0.6) is 0 Å². The Balaban J connectivity index is 2.32. The Hall–Kier alpha value is -3.88. The summed E-state index contributed by atoms with van der Waals surface area (Å²) in [7, 11) is 1.16. The van der Waals surface area contributed by atoms with Crippen LogP contribution in [-0.4, -0.2) is 42.8 Å². The summed E-state index contributed by atoms with van der Waals surface area (Å²) >= 11 is 0. The minimum absolute atomic E-state index is 0.229. The van der Waals surface area contributed by atoms with Gasteiger partial charge in [0.15, 0.2) is 0 Å². The third kappa shape index (κ3) is 7.42. The number of para-hydroxylation sites is 2. The molecule has 0 aromatic heterocycles. The maximum Gasteiger partial charge on any atom is 0.421 e. The van der Waals surface area contributed by atoms with Crippen LogP contribution in [0.25, 0.3) is 0 Å². The van der Waals surface area contributed by atoms with Gasteiger partial charge in [0.05, 0.1) is 19.2 Å². The van der Waals surface area contributed by atoms with E-state index in [0.717, 1.165) is 12.0 Å². The molecule has 0 fully saturated rings. The van der Waals surface area contributed by atoms with Gasteiger partial charge in [-0.15, -0.1) is 0 Å². The van der Waals surface area contributed by atoms with Crippen LogP contribution in [0, 0.1) is 0 Å². The predicted octanol–water partition coefficient (Wildman–Crippen LogP) is 3.71. The maximum absolute atomic E-state index is 13.4. The first-order valence-electron chi connectivity index (χ1n) is 9.92. The number of carbonyl (C=O) groups excluding carboxylic acids is 4. The second-order valence-corrected chi connectivity index (χ2v) is 7.79. The van der Waals surface area contributed by atoms with Crippen LogP contribution in [0.2, 0.25) is 0 Å². The van der Waals surface area contributed by atoms with Crippen LogP contribution in [0.3, 0.4) is 0 Å². The van der Waals surface area contributed by atoms with Crippen molar-refractivity contribution in [1.29, 1.82) is 0 Å². The summed E-state index contributed by atoms with van der Waals surface area (Å²) in [6, 6.07) is 14.5. The van der Waals surface area contributed by atoms with Crippen LogP contribution in [0.1, 0.15) is 27.2 Å². The first-order chi connectivity index (χ1) is 15.1. The third-order valence-electron chi connectivity index (χ3n) is 4.04. The summed E-state index contributed by atoms with van der Waals surface area (Å²) in [5.74, 6) is -1.58. The van der Waals surface area contributed by atoms with Gasteiger partial charge in [0.1, 0.15) is 11.6 Å². The van der Waals surface area contributed by atoms with E-state index in [1.807, 2.05) is 0 Å². The zero-order chi connectivity index (χ0) is 23.7. The van der Waals surface area contributed by atoms with Crippen LogP contribution in [-0.2, 0) is 19.1 Å². The first kappa shape index (κ1) is 24.4. The summed E-state index contributed by atoms with van der Waals surface area (Å²) in [5.41, 5.74) is -0.159. The fraction of sp³-hybridized carbons (Fsp3) is 0.304. The molecule has 1 atom stereocenters. The number of methoxy groups -OCH3 is 1. The monoisotopic (exact) mass is 441 g/mol. The molecule has 0 radical (unpaired) electrons. The van der Waals surface area contributed by atoms with Crippen molar-refractivity contribution in [3.63, 3.8) is 0 Å². The second kappa shape index (κ2) is 10.9. The lowest BCUT2D eigenvalue weighted by atomic mass is 10.1. The number of hydrogen-bond donors (Lipinski definition) is 2. The lowest BCUT2D eigenvalue weighted by Gasteiger charge is -2.29. The summed E-state index contributed by atoms with van der Waals surface area (Å²) in [5, 5.41) is 5.02. The zero-order valence-electron chi connectivity index (χ0n) is 18.5. The molecular weight excluding hydrogens is 414 g/mol. The Bertz CT molecular complexity index is 941. The van der Waals surface area contributed by atoms with Crippen molar-refractivity contribution in [3.8, 4) is 0 Å². The molecule has 2 aromatic carbocycles. The normalized spacial score (nSPS) is 11.6. The third-order valence-corrected chi connectivity index (χ3v) is 4.04. The van der Waals surface area contributed by atoms with E-state index in [-0.39, 0.29) is 5.69 Å². The summed E-state index contributed by atoms with van der Waals surface area (Å²) in [6.45, 7) is 4.99. The minimum atomic E-state index is -1.39. The average Bonchev–Trinajstić information content (AvgIpc) is 2.73. The van der Waals surface area contributed by atoms with Crippen LogP contribution >= 0.6 is 0 Å². The van der Waals surface area contributed by atoms with Gasteiger partial charge >= 0.3 is 18.1 Å². The van der Waals surface area contributed by atoms with E-state index in [9.17, 15) is 19.2 Å². The number of ether oxygens (including phenoxy) is 2. The number of nitrogens with zero attached hydrogens (tertiary/aromatic N) is 1. The molecule has 32 heavy (non-hydrogen) atoms. The van der Waals surface area contributed by atoms with Crippen LogP contribution in [0.15, 0.2) is 60.7 Å². The van der Waals surface area contributed by atoms with Crippen molar-refractivity contribution >= 4 is 35.4 Å². The molecule has 2 aromatic rings. The van der Waals surface area contributed by atoms with E-state index in [4.69, 9.17) is 4.74 Å². The lowest BCUT2D eigenvalue weighted by Crippen LogP contribution is -2.53. The van der Waals surface area contributed by atoms with Crippen molar-refractivity contribution < 1.29 is 28.7 Å². The van der Waals surface area contributed by atoms with E-state index in [1.54, 1.807) is 81.4 Å². The second-order valence-electron chi connectivity index (χ2n) is 7.79. The smallest absolute Gasteiger partial charge is 0.421 e. The number of hydrogen-bond acceptors (Lipinski definition) is 6. The Morgan fingerprint density at radius 3 is 2.03 bits per heavy atom. The molecular formula is C23H27N3O6. The number of imide groups is 1. The molecule has 0 aliphatic carbocycles. The molecule has 4 amide bonds. The van der Waals surface area contributed by atoms with Gasteiger partial charge in [0.25, 0.3) is 5.91 Å². The van der Waals surface area contributed by atoms with E-state index in [1.165, 1.54) is 0 Å². The van der Waals surface area contributed by atoms with Gasteiger partial charge in [-0.2, -0.15) is 0 Å². The molecule has 0 saturated heterocycles. The maximum atomic E-state index is 13.4. The summed E-state index contributed by atoms with van der Waals surface area (Å²) in [4.78, 5) is 51.5. The van der Waals surface area contributed by atoms with E-state index in [2.05, 4.69) is 15.4 Å². The van der Waals surface area contributed by atoms with Crippen LogP contribution < -0.4 is 15.5 Å². The predicted molar refractivity (Wildman–Crippen MR) is 119 cm³/mol. The quantitative estimate of drug-likeness (QED) is 0.661.